The van der Waals surface area contributed by atoms with Crippen LogP contribution in [-0.2, 0) is 10.2 Å². The smallest absolute Gasteiger partial charge is 0.269 e. The molecule has 0 aliphatic rings. The number of amides is 2. The van der Waals surface area contributed by atoms with Crippen LogP contribution in [-0.4, -0.2) is 44.5 Å². The van der Waals surface area contributed by atoms with Crippen molar-refractivity contribution in [3.63, 3.8) is 0 Å². The largest absolute Gasteiger partial charge is 0.329 e. The predicted molar refractivity (Wildman–Crippen MR) is 135 cm³/mol. The Labute approximate surface area is 204 Å². The van der Waals surface area contributed by atoms with Crippen LogP contribution < -0.4 is 5.32 Å². The van der Waals surface area contributed by atoms with Crippen molar-refractivity contribution in [1.82, 2.24) is 14.7 Å². The molecule has 9 heteroatoms. The second kappa shape index (κ2) is 10.5. The molecule has 0 saturated heterocycles. The molecular weight excluding hydrogens is 446 g/mol. The molecule has 0 aliphatic carbocycles. The van der Waals surface area contributed by atoms with Gasteiger partial charge in [-0.15, -0.1) is 0 Å². The minimum Gasteiger partial charge on any atom is -0.329 e. The Kier molecular flexibility index (Phi) is 7.68. The number of carbonyl (C=O) groups excluding carboxylic acids is 2. The molecule has 0 fully saturated rings. The lowest BCUT2D eigenvalue weighted by Gasteiger charge is -2.21. The number of nitrogens with zero attached hydrogens (tertiary/aromatic N) is 4. The molecule has 2 aromatic carbocycles. The minimum atomic E-state index is -0.519. The predicted octanol–water partition coefficient (Wildman–Crippen LogP) is 4.88. The van der Waals surface area contributed by atoms with Crippen LogP contribution >= 0.6 is 0 Å². The first-order valence-electron chi connectivity index (χ1n) is 11.5. The quantitative estimate of drug-likeness (QED) is 0.367. The van der Waals surface area contributed by atoms with E-state index >= 15 is 0 Å². The summed E-state index contributed by atoms with van der Waals surface area (Å²) in [5.41, 5.74) is 2.71. The van der Waals surface area contributed by atoms with E-state index in [4.69, 9.17) is 5.10 Å². The van der Waals surface area contributed by atoms with E-state index in [2.05, 4.69) is 5.32 Å². The summed E-state index contributed by atoms with van der Waals surface area (Å²) in [7, 11) is 0. The first-order valence-corrected chi connectivity index (χ1v) is 11.5. The molecule has 1 heterocycles. The summed E-state index contributed by atoms with van der Waals surface area (Å²) in [4.78, 5) is 37.9. The number of anilines is 1. The van der Waals surface area contributed by atoms with Gasteiger partial charge in [0.1, 0.15) is 12.4 Å². The van der Waals surface area contributed by atoms with Gasteiger partial charge in [0.05, 0.1) is 16.3 Å². The van der Waals surface area contributed by atoms with Gasteiger partial charge in [0.25, 0.3) is 11.6 Å². The number of carbonyl (C=O) groups is 2. The molecule has 0 radical (unpaired) electrons. The Hall–Kier alpha value is -4.01. The van der Waals surface area contributed by atoms with Crippen LogP contribution in [0, 0.1) is 17.0 Å². The highest BCUT2D eigenvalue weighted by atomic mass is 16.6. The van der Waals surface area contributed by atoms with Crippen molar-refractivity contribution in [3.05, 3.63) is 81.5 Å². The summed E-state index contributed by atoms with van der Waals surface area (Å²) in [5, 5.41) is 18.5. The lowest BCUT2D eigenvalue weighted by atomic mass is 9.92. The topological polar surface area (TPSA) is 110 Å². The molecule has 0 bridgehead atoms. The minimum absolute atomic E-state index is 0.0969. The van der Waals surface area contributed by atoms with E-state index < -0.39 is 4.92 Å². The first-order chi connectivity index (χ1) is 16.5. The number of nitro benzene ring substituents is 1. The van der Waals surface area contributed by atoms with E-state index in [1.807, 2.05) is 65.0 Å². The number of benzene rings is 2. The molecule has 35 heavy (non-hydrogen) atoms. The number of nitrogens with one attached hydrogen (secondary N) is 1. The Morgan fingerprint density at radius 2 is 1.71 bits per heavy atom. The normalized spacial score (nSPS) is 11.2. The van der Waals surface area contributed by atoms with Gasteiger partial charge in [-0.2, -0.15) is 5.10 Å². The van der Waals surface area contributed by atoms with Crippen LogP contribution in [0.25, 0.3) is 5.69 Å². The number of non-ortho nitro benzene ring substituents is 1. The molecule has 3 aromatic rings. The maximum atomic E-state index is 13.0. The third kappa shape index (κ3) is 6.32. The monoisotopic (exact) mass is 477 g/mol. The number of aryl methyl sites for hydroxylation is 1. The fraction of sp³-hybridized carbons (Fsp3) is 0.346. The van der Waals surface area contributed by atoms with E-state index in [1.54, 1.807) is 4.68 Å². The maximum absolute atomic E-state index is 13.0. The molecule has 184 valence electrons. The van der Waals surface area contributed by atoms with Crippen LogP contribution in [0.15, 0.2) is 54.6 Å². The molecule has 9 nitrogen and oxygen atoms in total. The van der Waals surface area contributed by atoms with Crippen molar-refractivity contribution in [1.29, 1.82) is 0 Å². The number of nitro groups is 1. The highest BCUT2D eigenvalue weighted by Gasteiger charge is 2.23. The highest BCUT2D eigenvalue weighted by Crippen LogP contribution is 2.26. The van der Waals surface area contributed by atoms with E-state index in [1.165, 1.54) is 29.2 Å². The van der Waals surface area contributed by atoms with Gasteiger partial charge < -0.3 is 10.2 Å². The van der Waals surface area contributed by atoms with Crippen LogP contribution in [0.3, 0.4) is 0 Å². The molecule has 0 aliphatic heterocycles. The van der Waals surface area contributed by atoms with E-state index in [9.17, 15) is 19.7 Å². The van der Waals surface area contributed by atoms with Crippen molar-refractivity contribution < 1.29 is 14.5 Å². The van der Waals surface area contributed by atoms with E-state index in [0.29, 0.717) is 18.8 Å². The second-order valence-electron chi connectivity index (χ2n) is 9.49. The Balaban J connectivity index is 1.83. The molecule has 1 aromatic heterocycles. The molecule has 0 spiro atoms. The van der Waals surface area contributed by atoms with Crippen LogP contribution in [0.4, 0.5) is 11.5 Å². The Bertz CT molecular complexity index is 1210. The van der Waals surface area contributed by atoms with Crippen molar-refractivity contribution in [2.75, 3.05) is 18.4 Å². The summed E-state index contributed by atoms with van der Waals surface area (Å²) < 4.78 is 1.69. The van der Waals surface area contributed by atoms with Crippen molar-refractivity contribution >= 4 is 23.3 Å². The number of rotatable bonds is 8. The number of hydrogen-bond donors (Lipinski definition) is 1. The molecule has 1 N–H and O–H groups in total. The zero-order valence-corrected chi connectivity index (χ0v) is 20.7. The highest BCUT2D eigenvalue weighted by molar-refractivity contribution is 5.99. The van der Waals surface area contributed by atoms with Gasteiger partial charge in [-0.25, -0.2) is 4.68 Å². The number of aromatic nitrogens is 2. The van der Waals surface area contributed by atoms with Gasteiger partial charge in [-0.05, 0) is 37.6 Å². The lowest BCUT2D eigenvalue weighted by molar-refractivity contribution is -0.384. The standard InChI is InChI=1S/C26H31N5O4/c1-6-15-29(25(33)19-9-13-21(14-10-19)31(34)35)17-24(32)27-23-16-22(26(3,4)5)28-30(23)20-11-7-18(2)8-12-20/h7-14,16H,6,15,17H2,1-5H3,(H,27,32). The Morgan fingerprint density at radius 3 is 2.26 bits per heavy atom. The summed E-state index contributed by atoms with van der Waals surface area (Å²) in [6.07, 6.45) is 0.654. The molecule has 0 saturated carbocycles. The average molecular weight is 478 g/mol. The summed E-state index contributed by atoms with van der Waals surface area (Å²) in [6.45, 7) is 10.3. The van der Waals surface area contributed by atoms with Gasteiger partial charge in [-0.3, -0.25) is 19.7 Å². The van der Waals surface area contributed by atoms with Crippen LogP contribution in [0.2, 0.25) is 0 Å². The summed E-state index contributed by atoms with van der Waals surface area (Å²) >= 11 is 0. The van der Waals surface area contributed by atoms with Crippen LogP contribution in [0.1, 0.15) is 55.7 Å². The molecule has 0 atom stereocenters. The van der Waals surface area contributed by atoms with Crippen LogP contribution in [0.5, 0.6) is 0 Å². The molecular formula is C26H31N5O4. The molecule has 3 rings (SSSR count). The van der Waals surface area contributed by atoms with E-state index in [0.717, 1.165) is 16.9 Å². The maximum Gasteiger partial charge on any atom is 0.269 e. The molecule has 2 amide bonds. The summed E-state index contributed by atoms with van der Waals surface area (Å²) in [5.74, 6) is -0.204. The van der Waals surface area contributed by atoms with Crippen molar-refractivity contribution in [3.8, 4) is 5.69 Å². The van der Waals surface area contributed by atoms with Gasteiger partial charge in [0.15, 0.2) is 0 Å². The second-order valence-corrected chi connectivity index (χ2v) is 9.49. The fourth-order valence-corrected chi connectivity index (χ4v) is 3.51. The molecule has 0 unspecified atom stereocenters. The first kappa shape index (κ1) is 25.6. The van der Waals surface area contributed by atoms with Gasteiger partial charge in [0.2, 0.25) is 5.91 Å². The van der Waals surface area contributed by atoms with Crippen molar-refractivity contribution in [2.45, 2.75) is 46.5 Å². The van der Waals surface area contributed by atoms with Gasteiger partial charge in [-0.1, -0.05) is 45.4 Å². The lowest BCUT2D eigenvalue weighted by Crippen LogP contribution is -2.38. The van der Waals surface area contributed by atoms with Gasteiger partial charge >= 0.3 is 0 Å². The zero-order chi connectivity index (χ0) is 25.8. The Morgan fingerprint density at radius 1 is 1.09 bits per heavy atom. The van der Waals surface area contributed by atoms with E-state index in [-0.39, 0.29) is 35.0 Å². The van der Waals surface area contributed by atoms with Crippen molar-refractivity contribution in [2.24, 2.45) is 0 Å². The van der Waals surface area contributed by atoms with Gasteiger partial charge in [0, 0.05) is 35.7 Å². The SMILES string of the molecule is CCCN(CC(=O)Nc1cc(C(C)(C)C)nn1-c1ccc(C)cc1)C(=O)c1ccc([N+](=O)[O-])cc1. The zero-order valence-electron chi connectivity index (χ0n) is 20.7. The third-order valence-electron chi connectivity index (χ3n) is 5.46. The fourth-order valence-electron chi connectivity index (χ4n) is 3.51. The summed E-state index contributed by atoms with van der Waals surface area (Å²) in [6, 6.07) is 15.1. The third-order valence-corrected chi connectivity index (χ3v) is 5.46. The number of hydrogen-bond acceptors (Lipinski definition) is 5. The average Bonchev–Trinajstić information content (AvgIpc) is 3.23.